The van der Waals surface area contributed by atoms with Crippen molar-refractivity contribution in [3.05, 3.63) is 69.8 Å². The SMILES string of the molecule is CCCCC(=O)N(CC(=O)N(CCc1c[nH]c2ccccc12)Cc1ccc(Cl)c(Cl)c1)C1CC1. The molecule has 2 aromatic carbocycles. The Morgan fingerprint density at radius 1 is 1.06 bits per heavy atom. The average molecular weight is 500 g/mol. The van der Waals surface area contributed by atoms with Crippen LogP contribution in [0.25, 0.3) is 10.9 Å². The zero-order valence-corrected chi connectivity index (χ0v) is 21.0. The van der Waals surface area contributed by atoms with Crippen molar-refractivity contribution in [2.24, 2.45) is 0 Å². The highest BCUT2D eigenvalue weighted by Crippen LogP contribution is 2.28. The summed E-state index contributed by atoms with van der Waals surface area (Å²) >= 11 is 12.3. The maximum absolute atomic E-state index is 13.5. The van der Waals surface area contributed by atoms with E-state index >= 15 is 0 Å². The molecule has 1 N–H and O–H groups in total. The minimum Gasteiger partial charge on any atom is -0.361 e. The molecule has 1 aromatic heterocycles. The van der Waals surface area contributed by atoms with Gasteiger partial charge in [0.15, 0.2) is 0 Å². The number of H-pyrrole nitrogens is 1. The molecular formula is C27H31Cl2N3O2. The third-order valence-corrected chi connectivity index (χ3v) is 7.13. The Hall–Kier alpha value is -2.50. The number of nitrogens with one attached hydrogen (secondary N) is 1. The standard InChI is InChI=1S/C27H31Cl2N3O2/c1-2-3-8-26(33)32(21-10-11-21)18-27(34)31(17-19-9-12-23(28)24(29)15-19)14-13-20-16-30-25-7-5-4-6-22(20)25/h4-7,9,12,15-16,21,30H,2-3,8,10-11,13-14,17-18H2,1H3. The molecule has 1 aliphatic carbocycles. The van der Waals surface area contributed by atoms with Crippen molar-refractivity contribution in [2.75, 3.05) is 13.1 Å². The fourth-order valence-corrected chi connectivity index (χ4v) is 4.59. The van der Waals surface area contributed by atoms with Gasteiger partial charge < -0.3 is 14.8 Å². The first-order valence-corrected chi connectivity index (χ1v) is 12.8. The first-order valence-electron chi connectivity index (χ1n) is 12.0. The summed E-state index contributed by atoms with van der Waals surface area (Å²) in [5.41, 5.74) is 3.17. The maximum atomic E-state index is 13.5. The van der Waals surface area contributed by atoms with E-state index in [1.165, 1.54) is 10.9 Å². The maximum Gasteiger partial charge on any atom is 0.242 e. The van der Waals surface area contributed by atoms with Gasteiger partial charge in [0, 0.05) is 42.7 Å². The van der Waals surface area contributed by atoms with Gasteiger partial charge in [0.1, 0.15) is 6.54 Å². The molecule has 0 aliphatic heterocycles. The predicted octanol–water partition coefficient (Wildman–Crippen LogP) is 6.23. The summed E-state index contributed by atoms with van der Waals surface area (Å²) in [4.78, 5) is 33.2. The molecule has 0 radical (unpaired) electrons. The molecule has 2 amide bonds. The number of unbranched alkanes of at least 4 members (excludes halogenated alkanes) is 1. The lowest BCUT2D eigenvalue weighted by Gasteiger charge is -2.28. The summed E-state index contributed by atoms with van der Waals surface area (Å²) in [5.74, 6) is 0.0477. The number of fused-ring (bicyclic) bond motifs is 1. The quantitative estimate of drug-likeness (QED) is 0.340. The third kappa shape index (κ3) is 6.13. The number of halogens is 2. The Bertz CT molecular complexity index is 1160. The number of hydrogen-bond donors (Lipinski definition) is 1. The Kier molecular flexibility index (Phi) is 8.17. The van der Waals surface area contributed by atoms with Crippen LogP contribution in [-0.2, 0) is 22.6 Å². The fraction of sp³-hybridized carbons (Fsp3) is 0.407. The first kappa shape index (κ1) is 24.6. The minimum atomic E-state index is -0.0392. The highest BCUT2D eigenvalue weighted by atomic mass is 35.5. The topological polar surface area (TPSA) is 56.4 Å². The number of amides is 2. The second-order valence-corrected chi connectivity index (χ2v) is 9.84. The van der Waals surface area contributed by atoms with Crippen LogP contribution in [0.2, 0.25) is 10.0 Å². The largest absolute Gasteiger partial charge is 0.361 e. The van der Waals surface area contributed by atoms with E-state index in [4.69, 9.17) is 23.2 Å². The zero-order valence-electron chi connectivity index (χ0n) is 19.5. The second-order valence-electron chi connectivity index (χ2n) is 9.03. The van der Waals surface area contributed by atoms with Crippen LogP contribution < -0.4 is 0 Å². The van der Waals surface area contributed by atoms with Crippen molar-refractivity contribution < 1.29 is 9.59 Å². The summed E-state index contributed by atoms with van der Waals surface area (Å²) in [6.45, 7) is 3.16. The van der Waals surface area contributed by atoms with E-state index in [-0.39, 0.29) is 24.4 Å². The van der Waals surface area contributed by atoms with Gasteiger partial charge in [-0.05, 0) is 55.0 Å². The van der Waals surface area contributed by atoms with Gasteiger partial charge in [-0.15, -0.1) is 0 Å². The number of rotatable bonds is 11. The van der Waals surface area contributed by atoms with Crippen LogP contribution >= 0.6 is 23.2 Å². The fourth-order valence-electron chi connectivity index (χ4n) is 4.27. The second kappa shape index (κ2) is 11.3. The number of para-hydroxylation sites is 1. The van der Waals surface area contributed by atoms with Gasteiger partial charge in [0.2, 0.25) is 11.8 Å². The number of carbonyl (C=O) groups excluding carboxylic acids is 2. The van der Waals surface area contributed by atoms with E-state index < -0.39 is 0 Å². The highest BCUT2D eigenvalue weighted by Gasteiger charge is 2.34. The number of hydrogen-bond acceptors (Lipinski definition) is 2. The normalized spacial score (nSPS) is 13.3. The first-order chi connectivity index (χ1) is 16.5. The molecule has 1 saturated carbocycles. The van der Waals surface area contributed by atoms with Crippen molar-refractivity contribution in [1.29, 1.82) is 0 Å². The van der Waals surface area contributed by atoms with Crippen molar-refractivity contribution in [3.63, 3.8) is 0 Å². The highest BCUT2D eigenvalue weighted by molar-refractivity contribution is 6.42. The van der Waals surface area contributed by atoms with E-state index in [0.29, 0.717) is 36.0 Å². The van der Waals surface area contributed by atoms with Gasteiger partial charge in [0.25, 0.3) is 0 Å². The minimum absolute atomic E-state index is 0.0392. The van der Waals surface area contributed by atoms with Gasteiger partial charge in [0.05, 0.1) is 10.0 Å². The number of carbonyl (C=O) groups is 2. The van der Waals surface area contributed by atoms with Crippen LogP contribution in [-0.4, -0.2) is 45.7 Å². The number of aromatic amines is 1. The van der Waals surface area contributed by atoms with Crippen molar-refractivity contribution in [2.45, 2.75) is 58.0 Å². The number of nitrogens with zero attached hydrogens (tertiary/aromatic N) is 2. The van der Waals surface area contributed by atoms with Gasteiger partial charge in [-0.1, -0.05) is 60.8 Å². The lowest BCUT2D eigenvalue weighted by Crippen LogP contribution is -2.44. The lowest BCUT2D eigenvalue weighted by atomic mass is 10.1. The molecule has 0 atom stereocenters. The molecular weight excluding hydrogens is 469 g/mol. The van der Waals surface area contributed by atoms with Gasteiger partial charge in [-0.2, -0.15) is 0 Å². The molecule has 0 saturated heterocycles. The van der Waals surface area contributed by atoms with Crippen LogP contribution in [0.15, 0.2) is 48.7 Å². The molecule has 1 fully saturated rings. The summed E-state index contributed by atoms with van der Waals surface area (Å²) in [6, 6.07) is 13.8. The Labute approximate surface area is 211 Å². The number of benzene rings is 2. The van der Waals surface area contributed by atoms with Gasteiger partial charge >= 0.3 is 0 Å². The smallest absolute Gasteiger partial charge is 0.242 e. The molecule has 34 heavy (non-hydrogen) atoms. The molecule has 0 bridgehead atoms. The van der Waals surface area contributed by atoms with E-state index in [0.717, 1.165) is 36.8 Å². The predicted molar refractivity (Wildman–Crippen MR) is 138 cm³/mol. The molecule has 1 heterocycles. The van der Waals surface area contributed by atoms with Crippen molar-refractivity contribution >= 4 is 45.9 Å². The third-order valence-electron chi connectivity index (χ3n) is 6.39. The van der Waals surface area contributed by atoms with Crippen LogP contribution in [0.1, 0.15) is 50.2 Å². The van der Waals surface area contributed by atoms with Crippen LogP contribution in [0.4, 0.5) is 0 Å². The molecule has 3 aromatic rings. The molecule has 7 heteroatoms. The molecule has 0 spiro atoms. The molecule has 1 aliphatic rings. The lowest BCUT2D eigenvalue weighted by molar-refractivity contribution is -0.141. The molecule has 5 nitrogen and oxygen atoms in total. The van der Waals surface area contributed by atoms with Gasteiger partial charge in [-0.25, -0.2) is 0 Å². The van der Waals surface area contributed by atoms with E-state index in [9.17, 15) is 9.59 Å². The Morgan fingerprint density at radius 2 is 1.85 bits per heavy atom. The van der Waals surface area contributed by atoms with Crippen LogP contribution in [0.5, 0.6) is 0 Å². The van der Waals surface area contributed by atoms with Crippen LogP contribution in [0, 0.1) is 0 Å². The summed E-state index contributed by atoms with van der Waals surface area (Å²) in [6.07, 6.45) is 7.00. The summed E-state index contributed by atoms with van der Waals surface area (Å²) in [7, 11) is 0. The Morgan fingerprint density at radius 3 is 2.59 bits per heavy atom. The summed E-state index contributed by atoms with van der Waals surface area (Å²) < 4.78 is 0. The molecule has 0 unspecified atom stereocenters. The zero-order chi connectivity index (χ0) is 24.1. The molecule has 180 valence electrons. The van der Waals surface area contributed by atoms with E-state index in [2.05, 4.69) is 18.0 Å². The van der Waals surface area contributed by atoms with Crippen LogP contribution in [0.3, 0.4) is 0 Å². The average Bonchev–Trinajstić information content (AvgIpc) is 3.60. The van der Waals surface area contributed by atoms with E-state index in [1.54, 1.807) is 17.0 Å². The monoisotopic (exact) mass is 499 g/mol. The molecule has 4 rings (SSSR count). The number of aromatic nitrogens is 1. The van der Waals surface area contributed by atoms with Gasteiger partial charge in [-0.3, -0.25) is 9.59 Å². The van der Waals surface area contributed by atoms with Crippen molar-refractivity contribution in [3.8, 4) is 0 Å². The summed E-state index contributed by atoms with van der Waals surface area (Å²) in [5, 5.41) is 2.12. The van der Waals surface area contributed by atoms with E-state index in [1.807, 2.05) is 35.4 Å². The Balaban J connectivity index is 1.51. The van der Waals surface area contributed by atoms with Crippen molar-refractivity contribution in [1.82, 2.24) is 14.8 Å².